The van der Waals surface area contributed by atoms with Gasteiger partial charge in [0.15, 0.2) is 0 Å². The normalized spacial score (nSPS) is 13.3. The van der Waals surface area contributed by atoms with Gasteiger partial charge in [-0.05, 0) is 13.8 Å². The van der Waals surface area contributed by atoms with E-state index in [2.05, 4.69) is 5.32 Å². The minimum Gasteiger partial charge on any atom is -0.481 e. The molecular weight excluding hydrogens is 240 g/mol. The molecule has 0 rings (SSSR count). The summed E-state index contributed by atoms with van der Waals surface area (Å²) in [4.78, 5) is 34.8. The molecule has 2 amide bonds. The molecule has 0 aliphatic carbocycles. The number of carboxylic acids is 1. The minimum absolute atomic E-state index is 0.0662. The number of carboxylic acid groups (broad SMARTS) is 1. The van der Waals surface area contributed by atoms with Crippen molar-refractivity contribution in [2.45, 2.75) is 26.8 Å². The van der Waals surface area contributed by atoms with Crippen LogP contribution in [0, 0.1) is 5.92 Å². The zero-order valence-corrected chi connectivity index (χ0v) is 11.1. The van der Waals surface area contributed by atoms with Crippen molar-refractivity contribution in [1.29, 1.82) is 0 Å². The van der Waals surface area contributed by atoms with Gasteiger partial charge < -0.3 is 20.1 Å². The van der Waals surface area contributed by atoms with Gasteiger partial charge in [0, 0.05) is 13.6 Å². The second-order valence-electron chi connectivity index (χ2n) is 4.04. The molecule has 104 valence electrons. The van der Waals surface area contributed by atoms with Gasteiger partial charge in [-0.3, -0.25) is 4.79 Å². The van der Waals surface area contributed by atoms with Crippen molar-refractivity contribution < 1.29 is 24.2 Å². The second kappa shape index (κ2) is 7.52. The number of aliphatic carboxylic acids is 1. The summed E-state index contributed by atoms with van der Waals surface area (Å²) in [6.07, 6.45) is 0. The summed E-state index contributed by atoms with van der Waals surface area (Å²) < 4.78 is 4.74. The van der Waals surface area contributed by atoms with Crippen molar-refractivity contribution in [3.63, 3.8) is 0 Å². The Balaban J connectivity index is 4.23. The standard InChI is InChI=1S/C11H20N2O5/c1-5-18-10(16)8(3)12-11(17)13(4)6-7(2)9(14)15/h7-8H,5-6H2,1-4H3,(H,12,17)(H,14,15). The van der Waals surface area contributed by atoms with Crippen LogP contribution in [0.2, 0.25) is 0 Å². The number of hydrogen-bond acceptors (Lipinski definition) is 4. The molecule has 18 heavy (non-hydrogen) atoms. The Morgan fingerprint density at radius 2 is 1.89 bits per heavy atom. The van der Waals surface area contributed by atoms with Crippen molar-refractivity contribution in [2.24, 2.45) is 5.92 Å². The Hall–Kier alpha value is -1.79. The molecule has 0 fully saturated rings. The molecule has 0 saturated heterocycles. The topological polar surface area (TPSA) is 95.9 Å². The molecule has 0 aliphatic rings. The lowest BCUT2D eigenvalue weighted by Crippen LogP contribution is -2.47. The fraction of sp³-hybridized carbons (Fsp3) is 0.727. The zero-order valence-electron chi connectivity index (χ0n) is 11.1. The molecule has 0 aromatic carbocycles. The van der Waals surface area contributed by atoms with E-state index in [1.807, 2.05) is 0 Å². The molecule has 2 unspecified atom stereocenters. The molecule has 0 aromatic heterocycles. The molecule has 0 bridgehead atoms. The number of rotatable bonds is 6. The molecule has 0 radical (unpaired) electrons. The molecule has 7 nitrogen and oxygen atoms in total. The first kappa shape index (κ1) is 16.2. The molecule has 7 heteroatoms. The highest BCUT2D eigenvalue weighted by molar-refractivity contribution is 5.83. The van der Waals surface area contributed by atoms with Crippen LogP contribution in [-0.2, 0) is 14.3 Å². The SMILES string of the molecule is CCOC(=O)C(C)NC(=O)N(C)CC(C)C(=O)O. The van der Waals surface area contributed by atoms with Gasteiger partial charge in [0.1, 0.15) is 6.04 Å². The molecule has 0 saturated carbocycles. The summed E-state index contributed by atoms with van der Waals surface area (Å²) in [6, 6.07) is -1.27. The highest BCUT2D eigenvalue weighted by Crippen LogP contribution is 1.99. The van der Waals surface area contributed by atoms with E-state index in [1.54, 1.807) is 6.92 Å². The number of nitrogens with zero attached hydrogens (tertiary/aromatic N) is 1. The third-order valence-electron chi connectivity index (χ3n) is 2.30. The fourth-order valence-electron chi connectivity index (χ4n) is 1.19. The summed E-state index contributed by atoms with van der Waals surface area (Å²) in [6.45, 7) is 4.99. The summed E-state index contributed by atoms with van der Waals surface area (Å²) in [5, 5.41) is 11.1. The lowest BCUT2D eigenvalue weighted by molar-refractivity contribution is -0.145. The summed E-state index contributed by atoms with van der Waals surface area (Å²) in [7, 11) is 1.46. The van der Waals surface area contributed by atoms with Gasteiger partial charge in [-0.15, -0.1) is 0 Å². The molecular formula is C11H20N2O5. The van der Waals surface area contributed by atoms with Crippen molar-refractivity contribution in [3.05, 3.63) is 0 Å². The number of nitrogens with one attached hydrogen (secondary N) is 1. The van der Waals surface area contributed by atoms with Gasteiger partial charge in [0.25, 0.3) is 0 Å². The quantitative estimate of drug-likeness (QED) is 0.670. The average molecular weight is 260 g/mol. The van der Waals surface area contributed by atoms with Crippen LogP contribution >= 0.6 is 0 Å². The molecule has 0 aromatic rings. The molecule has 0 spiro atoms. The van der Waals surface area contributed by atoms with Crippen LogP contribution in [0.1, 0.15) is 20.8 Å². The van der Waals surface area contributed by atoms with Crippen LogP contribution in [0.15, 0.2) is 0 Å². The smallest absolute Gasteiger partial charge is 0.328 e. The van der Waals surface area contributed by atoms with Crippen LogP contribution in [-0.4, -0.2) is 54.2 Å². The van der Waals surface area contributed by atoms with Crippen molar-refractivity contribution in [3.8, 4) is 0 Å². The fourth-order valence-corrected chi connectivity index (χ4v) is 1.19. The lowest BCUT2D eigenvalue weighted by Gasteiger charge is -2.22. The maximum absolute atomic E-state index is 11.6. The number of amides is 2. The van der Waals surface area contributed by atoms with E-state index in [0.29, 0.717) is 0 Å². The van der Waals surface area contributed by atoms with Gasteiger partial charge in [0.2, 0.25) is 0 Å². The van der Waals surface area contributed by atoms with Crippen LogP contribution in [0.25, 0.3) is 0 Å². The van der Waals surface area contributed by atoms with Crippen LogP contribution in [0.3, 0.4) is 0 Å². The predicted molar refractivity (Wildman–Crippen MR) is 64.1 cm³/mol. The Morgan fingerprint density at radius 3 is 2.33 bits per heavy atom. The molecule has 2 atom stereocenters. The molecule has 0 aliphatic heterocycles. The van der Waals surface area contributed by atoms with E-state index < -0.39 is 29.9 Å². The first-order chi connectivity index (χ1) is 8.29. The number of urea groups is 1. The third kappa shape index (κ3) is 5.51. The predicted octanol–water partition coefficient (Wildman–Crippen LogP) is 0.300. The van der Waals surface area contributed by atoms with Crippen LogP contribution in [0.5, 0.6) is 0 Å². The summed E-state index contributed by atoms with van der Waals surface area (Å²) >= 11 is 0. The Kier molecular flexibility index (Phi) is 6.77. The molecule has 0 heterocycles. The number of esters is 1. The highest BCUT2D eigenvalue weighted by atomic mass is 16.5. The van der Waals surface area contributed by atoms with Gasteiger partial charge in [-0.2, -0.15) is 0 Å². The number of hydrogen-bond donors (Lipinski definition) is 2. The summed E-state index contributed by atoms with van der Waals surface area (Å²) in [5.41, 5.74) is 0. The van der Waals surface area contributed by atoms with Gasteiger partial charge in [-0.1, -0.05) is 6.92 Å². The third-order valence-corrected chi connectivity index (χ3v) is 2.30. The van der Waals surface area contributed by atoms with Crippen molar-refractivity contribution in [1.82, 2.24) is 10.2 Å². The number of carbonyl (C=O) groups excluding carboxylic acids is 2. The van der Waals surface area contributed by atoms with E-state index in [-0.39, 0.29) is 13.2 Å². The zero-order chi connectivity index (χ0) is 14.3. The van der Waals surface area contributed by atoms with Gasteiger partial charge in [0.05, 0.1) is 12.5 Å². The Labute approximate surface area is 106 Å². The Morgan fingerprint density at radius 1 is 1.33 bits per heavy atom. The van der Waals surface area contributed by atoms with Crippen LogP contribution < -0.4 is 5.32 Å². The molecule has 2 N–H and O–H groups in total. The first-order valence-corrected chi connectivity index (χ1v) is 5.70. The van der Waals surface area contributed by atoms with Gasteiger partial charge >= 0.3 is 18.0 Å². The summed E-state index contributed by atoms with van der Waals surface area (Å²) in [5.74, 6) is -2.17. The van der Waals surface area contributed by atoms with Gasteiger partial charge in [-0.25, -0.2) is 9.59 Å². The van der Waals surface area contributed by atoms with E-state index in [0.717, 1.165) is 0 Å². The van der Waals surface area contributed by atoms with E-state index in [9.17, 15) is 14.4 Å². The first-order valence-electron chi connectivity index (χ1n) is 5.70. The minimum atomic E-state index is -0.979. The largest absolute Gasteiger partial charge is 0.481 e. The monoisotopic (exact) mass is 260 g/mol. The number of ether oxygens (including phenoxy) is 1. The number of carbonyl (C=O) groups is 3. The average Bonchev–Trinajstić information content (AvgIpc) is 2.28. The van der Waals surface area contributed by atoms with Crippen molar-refractivity contribution in [2.75, 3.05) is 20.2 Å². The highest BCUT2D eigenvalue weighted by Gasteiger charge is 2.21. The Bertz CT molecular complexity index is 319. The maximum atomic E-state index is 11.6. The van der Waals surface area contributed by atoms with E-state index in [4.69, 9.17) is 9.84 Å². The second-order valence-corrected chi connectivity index (χ2v) is 4.04. The van der Waals surface area contributed by atoms with E-state index >= 15 is 0 Å². The van der Waals surface area contributed by atoms with Crippen molar-refractivity contribution >= 4 is 18.0 Å². The maximum Gasteiger partial charge on any atom is 0.328 e. The lowest BCUT2D eigenvalue weighted by atomic mass is 10.2. The van der Waals surface area contributed by atoms with E-state index in [1.165, 1.54) is 25.8 Å². The van der Waals surface area contributed by atoms with Crippen LogP contribution in [0.4, 0.5) is 4.79 Å².